The Morgan fingerprint density at radius 2 is 1.61 bits per heavy atom. The van der Waals surface area contributed by atoms with Gasteiger partial charge in [-0.25, -0.2) is 4.79 Å². The molecule has 0 aliphatic heterocycles. The van der Waals surface area contributed by atoms with Gasteiger partial charge in [-0.2, -0.15) is 0 Å². The molecule has 0 bridgehead atoms. The molecular weight excluding hydrogens is 422 g/mol. The summed E-state index contributed by atoms with van der Waals surface area (Å²) >= 11 is 0. The minimum atomic E-state index is -1.23. The van der Waals surface area contributed by atoms with Crippen LogP contribution in [0.1, 0.15) is 84.7 Å². The lowest BCUT2D eigenvalue weighted by Crippen LogP contribution is -3.00. The number of amides is 1. The quantitative estimate of drug-likeness (QED) is 0.340. The predicted molar refractivity (Wildman–Crippen MR) is 131 cm³/mol. The first-order valence-electron chi connectivity index (χ1n) is 11.7. The minimum Gasteiger partial charge on any atom is -0.633 e. The van der Waals surface area contributed by atoms with Crippen molar-refractivity contribution in [3.05, 3.63) is 39.7 Å². The van der Waals surface area contributed by atoms with Crippen molar-refractivity contribution in [3.8, 4) is 0 Å². The van der Waals surface area contributed by atoms with Crippen molar-refractivity contribution < 1.29 is 19.6 Å². The number of carbonyl (C=O) groups excluding carboxylic acids is 2. The number of hydrogen-bond acceptors (Lipinski definition) is 6. The Kier molecular flexibility index (Phi) is 10.8. The number of rotatable bonds is 11. The van der Waals surface area contributed by atoms with Gasteiger partial charge in [0.05, 0.1) is 0 Å². The van der Waals surface area contributed by atoms with Crippen molar-refractivity contribution in [2.24, 2.45) is 17.8 Å². The molecule has 1 rings (SSSR count). The van der Waals surface area contributed by atoms with Crippen LogP contribution in [-0.4, -0.2) is 29.6 Å². The van der Waals surface area contributed by atoms with Gasteiger partial charge < -0.3 is 31.0 Å². The number of quaternary nitrogens is 1. The van der Waals surface area contributed by atoms with E-state index in [0.717, 1.165) is 0 Å². The summed E-state index contributed by atoms with van der Waals surface area (Å²) in [6.45, 7) is 17.3. The summed E-state index contributed by atoms with van der Waals surface area (Å²) in [7, 11) is 0. The molecule has 0 unspecified atom stereocenters. The zero-order chi connectivity index (χ0) is 25.5. The lowest BCUT2D eigenvalue weighted by Gasteiger charge is -2.31. The van der Waals surface area contributed by atoms with Crippen LogP contribution in [-0.2, 0) is 16.1 Å². The fourth-order valence-corrected chi connectivity index (χ4v) is 3.76. The molecule has 8 heteroatoms. The smallest absolute Gasteiger partial charge is 0.329 e. The predicted octanol–water partition coefficient (Wildman–Crippen LogP) is 3.65. The molecule has 0 radical (unpaired) electrons. The van der Waals surface area contributed by atoms with E-state index in [1.54, 1.807) is 39.0 Å². The van der Waals surface area contributed by atoms with Gasteiger partial charge in [-0.3, -0.25) is 4.79 Å². The number of hydroxylamine groups is 2. The maximum Gasteiger partial charge on any atom is 0.329 e. The molecule has 33 heavy (non-hydrogen) atoms. The number of benzene rings is 1. The summed E-state index contributed by atoms with van der Waals surface area (Å²) in [5.41, 5.74) is 0.732. The zero-order valence-corrected chi connectivity index (χ0v) is 21.6. The summed E-state index contributed by atoms with van der Waals surface area (Å²) < 4.78 is 5.47. The third kappa shape index (κ3) is 10.1. The first-order chi connectivity index (χ1) is 15.1. The molecule has 1 atom stereocenters. The normalized spacial score (nSPS) is 13.2. The van der Waals surface area contributed by atoms with E-state index in [9.17, 15) is 20.0 Å². The van der Waals surface area contributed by atoms with E-state index in [1.807, 2.05) is 13.8 Å². The topological polar surface area (TPSA) is 118 Å². The van der Waals surface area contributed by atoms with Crippen LogP contribution in [0, 0.1) is 28.2 Å². The van der Waals surface area contributed by atoms with Gasteiger partial charge in [0.15, 0.2) is 0 Å². The molecule has 3 N–H and O–H groups in total. The van der Waals surface area contributed by atoms with Crippen molar-refractivity contribution in [2.75, 3.05) is 5.32 Å². The van der Waals surface area contributed by atoms with Gasteiger partial charge in [-0.15, -0.1) is 0 Å². The fourth-order valence-electron chi connectivity index (χ4n) is 3.76. The second-order valence-corrected chi connectivity index (χ2v) is 10.8. The summed E-state index contributed by atoms with van der Waals surface area (Å²) in [4.78, 5) is 25.6. The number of hydrogen-bond donors (Lipinski definition) is 3. The van der Waals surface area contributed by atoms with Crippen LogP contribution < -0.4 is 15.9 Å². The van der Waals surface area contributed by atoms with Crippen LogP contribution in [0.4, 0.5) is 5.69 Å². The van der Waals surface area contributed by atoms with Gasteiger partial charge in [0.1, 0.15) is 18.2 Å². The molecule has 0 heterocycles. The largest absolute Gasteiger partial charge is 0.633 e. The highest BCUT2D eigenvalue weighted by atomic mass is 16.8. The van der Waals surface area contributed by atoms with Gasteiger partial charge in [-0.05, 0) is 63.1 Å². The first kappa shape index (κ1) is 28.9. The maximum absolute atomic E-state index is 13.0. The van der Waals surface area contributed by atoms with Crippen LogP contribution in [0.3, 0.4) is 0 Å². The van der Waals surface area contributed by atoms with Crippen molar-refractivity contribution >= 4 is 17.6 Å². The van der Waals surface area contributed by atoms with E-state index in [0.29, 0.717) is 29.5 Å². The standard InChI is InChI=1S/C25H42N3O5/c1-15(2)12-21(24(30)33-25(7,8)9)27-23(29)18-10-11-20(19(13-18)14-28(31)32)26-22(16(3)4)17(5)6/h10-11,13,15-17,21-22,26,28H,12,14H2,1-9H3,(H,27,29)/q-1/t21-/m0/s1. The lowest BCUT2D eigenvalue weighted by atomic mass is 9.92. The van der Waals surface area contributed by atoms with Crippen LogP contribution in [0.5, 0.6) is 0 Å². The fraction of sp³-hybridized carbons (Fsp3) is 0.680. The van der Waals surface area contributed by atoms with E-state index >= 15 is 0 Å². The summed E-state index contributed by atoms with van der Waals surface area (Å²) in [6, 6.07) is 4.23. The van der Waals surface area contributed by atoms with Gasteiger partial charge in [0, 0.05) is 22.9 Å². The zero-order valence-electron chi connectivity index (χ0n) is 21.6. The Morgan fingerprint density at radius 3 is 2.06 bits per heavy atom. The second-order valence-electron chi connectivity index (χ2n) is 10.8. The highest BCUT2D eigenvalue weighted by Gasteiger charge is 2.28. The third-order valence-electron chi connectivity index (χ3n) is 5.16. The minimum absolute atomic E-state index is 0.132. The van der Waals surface area contributed by atoms with Crippen molar-refractivity contribution in [2.45, 2.75) is 93.0 Å². The molecule has 1 aromatic rings. The van der Waals surface area contributed by atoms with Crippen LogP contribution in [0.25, 0.3) is 0 Å². The average Bonchev–Trinajstić information content (AvgIpc) is 2.63. The van der Waals surface area contributed by atoms with Gasteiger partial charge >= 0.3 is 5.97 Å². The van der Waals surface area contributed by atoms with E-state index in [1.165, 1.54) is 0 Å². The Labute approximate surface area is 198 Å². The van der Waals surface area contributed by atoms with Crippen LogP contribution in [0.15, 0.2) is 18.2 Å². The average molecular weight is 465 g/mol. The Hall–Kier alpha value is -2.16. The van der Waals surface area contributed by atoms with Gasteiger partial charge in [-0.1, -0.05) is 41.5 Å². The highest BCUT2D eigenvalue weighted by molar-refractivity contribution is 5.97. The number of carbonyl (C=O) groups is 2. The highest BCUT2D eigenvalue weighted by Crippen LogP contribution is 2.23. The number of esters is 1. The van der Waals surface area contributed by atoms with Crippen LogP contribution >= 0.6 is 0 Å². The second kappa shape index (κ2) is 12.3. The van der Waals surface area contributed by atoms with Gasteiger partial charge in [0.2, 0.25) is 0 Å². The molecule has 0 saturated carbocycles. The van der Waals surface area contributed by atoms with E-state index in [4.69, 9.17) is 4.74 Å². The molecular formula is C25H42N3O5-. The Balaban J connectivity index is 3.19. The van der Waals surface area contributed by atoms with Crippen molar-refractivity contribution in [1.29, 1.82) is 0 Å². The molecule has 0 aliphatic carbocycles. The Morgan fingerprint density at radius 1 is 1.03 bits per heavy atom. The summed E-state index contributed by atoms with van der Waals surface area (Å²) in [5.74, 6) is -0.132. The van der Waals surface area contributed by atoms with E-state index in [-0.39, 0.29) is 24.1 Å². The molecule has 1 aromatic carbocycles. The van der Waals surface area contributed by atoms with Crippen LogP contribution in [0.2, 0.25) is 0 Å². The summed E-state index contributed by atoms with van der Waals surface area (Å²) in [5, 5.41) is 27.7. The molecule has 0 aromatic heterocycles. The monoisotopic (exact) mass is 464 g/mol. The van der Waals surface area contributed by atoms with E-state index in [2.05, 4.69) is 38.3 Å². The van der Waals surface area contributed by atoms with Crippen molar-refractivity contribution in [1.82, 2.24) is 5.32 Å². The third-order valence-corrected chi connectivity index (χ3v) is 5.16. The molecule has 8 nitrogen and oxygen atoms in total. The number of ether oxygens (including phenoxy) is 1. The molecule has 0 fully saturated rings. The molecule has 0 spiro atoms. The lowest BCUT2D eigenvalue weighted by molar-refractivity contribution is -0.807. The van der Waals surface area contributed by atoms with Gasteiger partial charge in [0.25, 0.3) is 5.91 Å². The molecule has 188 valence electrons. The Bertz CT molecular complexity index is 777. The number of anilines is 1. The summed E-state index contributed by atoms with van der Waals surface area (Å²) in [6.07, 6.45) is 0.427. The number of nitrogens with one attached hydrogen (secondary N) is 3. The van der Waals surface area contributed by atoms with Crippen molar-refractivity contribution in [3.63, 3.8) is 0 Å². The molecule has 1 amide bonds. The maximum atomic E-state index is 13.0. The molecule has 0 aliphatic rings. The van der Waals surface area contributed by atoms with E-state index < -0.39 is 28.7 Å². The SMILES string of the molecule is CC(C)C[C@H](NC(=O)c1ccc(NC(C(C)C)C(C)C)c(C[NH+]([O-])[O-])c1)C(=O)OC(C)(C)C. The molecule has 0 saturated heterocycles. The first-order valence-corrected chi connectivity index (χ1v) is 11.7.